The molecule has 3 N–H and O–H groups in total. The van der Waals surface area contributed by atoms with E-state index in [-0.39, 0.29) is 13.2 Å². The quantitative estimate of drug-likeness (QED) is 0.400. The summed E-state index contributed by atoms with van der Waals surface area (Å²) >= 11 is 0. The Kier molecular flexibility index (Phi) is 9.86. The first-order valence-corrected chi connectivity index (χ1v) is 10.2. The highest BCUT2D eigenvalue weighted by molar-refractivity contribution is 5.80. The molecule has 6 heteroatoms. The zero-order chi connectivity index (χ0) is 20.9. The predicted molar refractivity (Wildman–Crippen MR) is 118 cm³/mol. The molecule has 0 saturated carbocycles. The van der Waals surface area contributed by atoms with Crippen molar-refractivity contribution in [1.29, 1.82) is 0 Å². The van der Waals surface area contributed by atoms with Crippen molar-refractivity contribution in [3.05, 3.63) is 59.7 Å². The highest BCUT2D eigenvalue weighted by Crippen LogP contribution is 2.28. The maximum atomic E-state index is 8.92. The van der Waals surface area contributed by atoms with E-state index in [1.165, 1.54) is 5.56 Å². The summed E-state index contributed by atoms with van der Waals surface area (Å²) in [6.07, 6.45) is 2.06. The second-order valence-electron chi connectivity index (χ2n) is 6.82. The van der Waals surface area contributed by atoms with Crippen molar-refractivity contribution in [2.75, 3.05) is 26.9 Å². The van der Waals surface area contributed by atoms with Crippen LogP contribution in [0.15, 0.2) is 53.5 Å². The van der Waals surface area contributed by atoms with Gasteiger partial charge in [-0.3, -0.25) is 0 Å². The largest absolute Gasteiger partial charge is 0.493 e. The molecule has 0 aliphatic carbocycles. The van der Waals surface area contributed by atoms with Gasteiger partial charge in [0.1, 0.15) is 6.61 Å². The Labute approximate surface area is 174 Å². The highest BCUT2D eigenvalue weighted by atomic mass is 16.5. The number of nitrogens with one attached hydrogen (secondary N) is 2. The molecule has 0 spiro atoms. The molecule has 0 aromatic heterocycles. The minimum absolute atomic E-state index is 0.0324. The molecule has 0 aliphatic heterocycles. The van der Waals surface area contributed by atoms with E-state index in [2.05, 4.69) is 48.7 Å². The van der Waals surface area contributed by atoms with Gasteiger partial charge < -0.3 is 25.2 Å². The van der Waals surface area contributed by atoms with E-state index in [4.69, 9.17) is 19.6 Å². The molecule has 0 amide bonds. The number of benzene rings is 2. The molecular formula is C23H33N3O3. The molecular weight excluding hydrogens is 366 g/mol. The number of ether oxygens (including phenoxy) is 2. The van der Waals surface area contributed by atoms with Crippen LogP contribution < -0.4 is 20.1 Å². The Balaban J connectivity index is 1.95. The van der Waals surface area contributed by atoms with Crippen LogP contribution in [0.5, 0.6) is 11.5 Å². The van der Waals surface area contributed by atoms with Gasteiger partial charge in [-0.05, 0) is 49.9 Å². The first kappa shape index (κ1) is 22.6. The first-order chi connectivity index (χ1) is 14.2. The molecule has 6 nitrogen and oxygen atoms in total. The summed E-state index contributed by atoms with van der Waals surface area (Å²) in [7, 11) is 1.61. The van der Waals surface area contributed by atoms with E-state index in [1.54, 1.807) is 7.11 Å². The maximum absolute atomic E-state index is 8.92. The smallest absolute Gasteiger partial charge is 0.191 e. The summed E-state index contributed by atoms with van der Waals surface area (Å²) < 4.78 is 10.9. The SMILES string of the molecule is CCNC(=NCc1ccc(OCCO)c(OC)c1)NC(C)CCc1ccccc1. The van der Waals surface area contributed by atoms with Crippen LogP contribution >= 0.6 is 0 Å². The van der Waals surface area contributed by atoms with Crippen LogP contribution in [0.4, 0.5) is 0 Å². The van der Waals surface area contributed by atoms with Crippen LogP contribution in [0.25, 0.3) is 0 Å². The lowest BCUT2D eigenvalue weighted by Crippen LogP contribution is -2.42. The number of guanidine groups is 1. The number of rotatable bonds is 11. The number of aryl methyl sites for hydroxylation is 1. The Morgan fingerprint density at radius 1 is 1.10 bits per heavy atom. The third kappa shape index (κ3) is 8.03. The van der Waals surface area contributed by atoms with Crippen molar-refractivity contribution in [3.63, 3.8) is 0 Å². The monoisotopic (exact) mass is 399 g/mol. The van der Waals surface area contributed by atoms with Gasteiger partial charge in [0.25, 0.3) is 0 Å². The summed E-state index contributed by atoms with van der Waals surface area (Å²) in [6.45, 7) is 5.76. The molecule has 0 bridgehead atoms. The molecule has 29 heavy (non-hydrogen) atoms. The molecule has 158 valence electrons. The molecule has 1 unspecified atom stereocenters. The number of hydrogen-bond acceptors (Lipinski definition) is 4. The van der Waals surface area contributed by atoms with Gasteiger partial charge in [0, 0.05) is 12.6 Å². The minimum atomic E-state index is -0.0324. The molecule has 0 saturated heterocycles. The van der Waals surface area contributed by atoms with Crippen molar-refractivity contribution in [3.8, 4) is 11.5 Å². The predicted octanol–water partition coefficient (Wildman–Crippen LogP) is 3.14. The van der Waals surface area contributed by atoms with Crippen molar-refractivity contribution in [2.24, 2.45) is 4.99 Å². The average molecular weight is 400 g/mol. The second-order valence-corrected chi connectivity index (χ2v) is 6.82. The van der Waals surface area contributed by atoms with E-state index in [1.807, 2.05) is 24.3 Å². The van der Waals surface area contributed by atoms with Gasteiger partial charge in [-0.25, -0.2) is 4.99 Å². The lowest BCUT2D eigenvalue weighted by Gasteiger charge is -2.18. The van der Waals surface area contributed by atoms with Gasteiger partial charge in [0.05, 0.1) is 20.3 Å². The zero-order valence-electron chi connectivity index (χ0n) is 17.6. The van der Waals surface area contributed by atoms with Gasteiger partial charge in [0.15, 0.2) is 17.5 Å². The first-order valence-electron chi connectivity index (χ1n) is 10.2. The standard InChI is InChI=1S/C23H33N3O3/c1-4-24-23(26-18(2)10-11-19-8-6-5-7-9-19)25-17-20-12-13-21(29-15-14-27)22(16-20)28-3/h5-9,12-13,16,18,27H,4,10-11,14-15,17H2,1-3H3,(H2,24,25,26). The second kappa shape index (κ2) is 12.7. The van der Waals surface area contributed by atoms with Crippen LogP contribution in [0.3, 0.4) is 0 Å². The summed E-state index contributed by atoms with van der Waals surface area (Å²) in [4.78, 5) is 4.70. The van der Waals surface area contributed by atoms with Crippen LogP contribution in [-0.2, 0) is 13.0 Å². The van der Waals surface area contributed by atoms with E-state index in [9.17, 15) is 0 Å². The molecule has 0 heterocycles. The van der Waals surface area contributed by atoms with Gasteiger partial charge in [0.2, 0.25) is 0 Å². The number of hydrogen-bond donors (Lipinski definition) is 3. The minimum Gasteiger partial charge on any atom is -0.493 e. The number of methoxy groups -OCH3 is 1. The lowest BCUT2D eigenvalue weighted by molar-refractivity contribution is 0.196. The van der Waals surface area contributed by atoms with Gasteiger partial charge >= 0.3 is 0 Å². The maximum Gasteiger partial charge on any atom is 0.191 e. The number of aliphatic imine (C=N–C) groups is 1. The van der Waals surface area contributed by atoms with Crippen LogP contribution in [0.1, 0.15) is 31.4 Å². The Bertz CT molecular complexity index is 750. The number of nitrogens with zero attached hydrogens (tertiary/aromatic N) is 1. The molecule has 2 rings (SSSR count). The van der Waals surface area contributed by atoms with Crippen LogP contribution in [-0.4, -0.2) is 44.0 Å². The Hall–Kier alpha value is -2.73. The van der Waals surface area contributed by atoms with Crippen molar-refractivity contribution < 1.29 is 14.6 Å². The topological polar surface area (TPSA) is 75.1 Å². The highest BCUT2D eigenvalue weighted by Gasteiger charge is 2.08. The lowest BCUT2D eigenvalue weighted by atomic mass is 10.1. The number of aliphatic hydroxyl groups is 1. The number of aliphatic hydroxyl groups excluding tert-OH is 1. The van der Waals surface area contributed by atoms with Crippen LogP contribution in [0.2, 0.25) is 0 Å². The van der Waals surface area contributed by atoms with Crippen molar-refractivity contribution >= 4 is 5.96 Å². The molecule has 0 radical (unpaired) electrons. The molecule has 0 fully saturated rings. The molecule has 0 aliphatic rings. The normalized spacial score (nSPS) is 12.3. The third-order valence-electron chi connectivity index (χ3n) is 4.43. The summed E-state index contributed by atoms with van der Waals surface area (Å²) in [5.74, 6) is 2.06. The van der Waals surface area contributed by atoms with Crippen LogP contribution in [0, 0.1) is 0 Å². The van der Waals surface area contributed by atoms with E-state index < -0.39 is 0 Å². The average Bonchev–Trinajstić information content (AvgIpc) is 2.75. The Morgan fingerprint density at radius 3 is 2.59 bits per heavy atom. The third-order valence-corrected chi connectivity index (χ3v) is 4.43. The fourth-order valence-corrected chi connectivity index (χ4v) is 2.91. The van der Waals surface area contributed by atoms with E-state index in [0.717, 1.165) is 30.9 Å². The zero-order valence-corrected chi connectivity index (χ0v) is 17.6. The summed E-state index contributed by atoms with van der Waals surface area (Å²) in [6, 6.07) is 16.5. The molecule has 2 aromatic rings. The molecule has 1 atom stereocenters. The van der Waals surface area contributed by atoms with E-state index in [0.29, 0.717) is 24.1 Å². The molecule has 2 aromatic carbocycles. The van der Waals surface area contributed by atoms with Crippen molar-refractivity contribution in [1.82, 2.24) is 10.6 Å². The summed E-state index contributed by atoms with van der Waals surface area (Å²) in [5, 5.41) is 15.7. The Morgan fingerprint density at radius 2 is 1.90 bits per heavy atom. The van der Waals surface area contributed by atoms with E-state index >= 15 is 0 Å². The van der Waals surface area contributed by atoms with Gasteiger partial charge in [-0.15, -0.1) is 0 Å². The van der Waals surface area contributed by atoms with Gasteiger partial charge in [-0.2, -0.15) is 0 Å². The fourth-order valence-electron chi connectivity index (χ4n) is 2.91. The van der Waals surface area contributed by atoms with Gasteiger partial charge in [-0.1, -0.05) is 36.4 Å². The van der Waals surface area contributed by atoms with Crippen molar-refractivity contribution in [2.45, 2.75) is 39.3 Å². The summed E-state index contributed by atoms with van der Waals surface area (Å²) in [5.41, 5.74) is 2.37. The fraction of sp³-hybridized carbons (Fsp3) is 0.435.